The second-order valence-electron chi connectivity index (χ2n) is 8.33. The zero-order chi connectivity index (χ0) is 22.9. The van der Waals surface area contributed by atoms with Crippen LogP contribution < -0.4 is 10.1 Å². The Balaban J connectivity index is 1.47. The van der Waals surface area contributed by atoms with Gasteiger partial charge in [-0.1, -0.05) is 0 Å². The summed E-state index contributed by atoms with van der Waals surface area (Å²) in [6, 6.07) is 4.07. The Hall–Kier alpha value is -3.04. The molecular weight excluding hydrogens is 438 g/mol. The van der Waals surface area contributed by atoms with Crippen molar-refractivity contribution in [2.75, 3.05) is 32.1 Å². The van der Waals surface area contributed by atoms with Crippen LogP contribution in [-0.2, 0) is 24.2 Å². The topological polar surface area (TPSA) is 99.9 Å². The molecule has 0 radical (unpaired) electrons. The molecule has 1 atom stereocenters. The first-order chi connectivity index (χ1) is 16.1. The number of aliphatic hydroxyl groups is 1. The van der Waals surface area contributed by atoms with Gasteiger partial charge in [-0.2, -0.15) is 0 Å². The first-order valence-corrected chi connectivity index (χ1v) is 12.1. The van der Waals surface area contributed by atoms with Crippen molar-refractivity contribution in [2.24, 2.45) is 10.9 Å². The number of nitrogens with zero attached hydrogens (tertiary/aromatic N) is 4. The van der Waals surface area contributed by atoms with Crippen molar-refractivity contribution in [1.29, 1.82) is 0 Å². The summed E-state index contributed by atoms with van der Waals surface area (Å²) in [4.78, 5) is 30.3. The van der Waals surface area contributed by atoms with Crippen molar-refractivity contribution in [3.8, 4) is 5.75 Å². The van der Waals surface area contributed by atoms with E-state index >= 15 is 0 Å². The van der Waals surface area contributed by atoms with E-state index in [-0.39, 0.29) is 18.4 Å². The fourth-order valence-electron chi connectivity index (χ4n) is 4.75. The van der Waals surface area contributed by atoms with Gasteiger partial charge in [0.05, 0.1) is 31.3 Å². The van der Waals surface area contributed by atoms with Gasteiger partial charge in [-0.05, 0) is 55.0 Å². The number of aromatic nitrogens is 2. The molecule has 0 spiro atoms. The molecule has 2 aromatic heterocycles. The zero-order valence-electron chi connectivity index (χ0n) is 18.8. The van der Waals surface area contributed by atoms with Gasteiger partial charge in [-0.3, -0.25) is 9.79 Å². The number of anilines is 2. The molecule has 0 bridgehead atoms. The SMILES string of the molecule is CCN(CCO)C(=O)[C@H]1CCc2c(sc3ncnc(Nc4cc5c(cc4OC)CN=C5)c23)C1. The number of carbonyl (C=O) groups excluding carboxylic acids is 1. The van der Waals surface area contributed by atoms with Gasteiger partial charge in [0.2, 0.25) is 5.91 Å². The van der Waals surface area contributed by atoms with E-state index in [2.05, 4.69) is 20.3 Å². The monoisotopic (exact) mass is 465 g/mol. The van der Waals surface area contributed by atoms with E-state index in [1.54, 1.807) is 29.7 Å². The highest BCUT2D eigenvalue weighted by Gasteiger charge is 2.31. The van der Waals surface area contributed by atoms with Gasteiger partial charge in [0, 0.05) is 30.1 Å². The molecule has 0 fully saturated rings. The number of aliphatic imine (C=N–C) groups is 1. The van der Waals surface area contributed by atoms with E-state index in [0.29, 0.717) is 26.1 Å². The van der Waals surface area contributed by atoms with Crippen LogP contribution in [0, 0.1) is 5.92 Å². The average molecular weight is 466 g/mol. The normalized spacial score (nSPS) is 16.5. The van der Waals surface area contributed by atoms with Gasteiger partial charge in [-0.25, -0.2) is 9.97 Å². The molecule has 0 saturated carbocycles. The van der Waals surface area contributed by atoms with E-state index in [0.717, 1.165) is 51.4 Å². The summed E-state index contributed by atoms with van der Waals surface area (Å²) in [7, 11) is 1.66. The van der Waals surface area contributed by atoms with Gasteiger partial charge in [0.25, 0.3) is 0 Å². The van der Waals surface area contributed by atoms with Crippen LogP contribution in [0.1, 0.15) is 34.9 Å². The van der Waals surface area contributed by atoms with Crippen molar-refractivity contribution >= 4 is 45.2 Å². The van der Waals surface area contributed by atoms with Crippen LogP contribution in [0.3, 0.4) is 0 Å². The lowest BCUT2D eigenvalue weighted by Crippen LogP contribution is -2.39. The molecule has 8 nitrogen and oxygen atoms in total. The van der Waals surface area contributed by atoms with Crippen molar-refractivity contribution < 1.29 is 14.6 Å². The Morgan fingerprint density at radius 1 is 1.36 bits per heavy atom. The fourth-order valence-corrected chi connectivity index (χ4v) is 6.02. The number of hydrogen-bond donors (Lipinski definition) is 2. The number of benzene rings is 1. The number of nitrogens with one attached hydrogen (secondary N) is 1. The largest absolute Gasteiger partial charge is 0.495 e. The molecule has 3 aromatic rings. The zero-order valence-corrected chi connectivity index (χ0v) is 19.6. The maximum atomic E-state index is 13.0. The third-order valence-corrected chi connectivity index (χ3v) is 7.63. The third-order valence-electron chi connectivity index (χ3n) is 6.46. The van der Waals surface area contributed by atoms with Gasteiger partial charge in [0.1, 0.15) is 22.7 Å². The van der Waals surface area contributed by atoms with Crippen LogP contribution in [0.15, 0.2) is 23.5 Å². The van der Waals surface area contributed by atoms with Gasteiger partial charge in [0.15, 0.2) is 0 Å². The number of fused-ring (bicyclic) bond motifs is 4. The minimum absolute atomic E-state index is 0.0108. The van der Waals surface area contributed by atoms with Crippen molar-refractivity contribution in [1.82, 2.24) is 14.9 Å². The predicted octanol–water partition coefficient (Wildman–Crippen LogP) is 3.32. The summed E-state index contributed by atoms with van der Waals surface area (Å²) >= 11 is 1.64. The molecule has 172 valence electrons. The lowest BCUT2D eigenvalue weighted by atomic mass is 9.87. The maximum absolute atomic E-state index is 13.0. The van der Waals surface area contributed by atoms with Crippen LogP contribution in [0.5, 0.6) is 5.75 Å². The molecule has 5 rings (SSSR count). The van der Waals surface area contributed by atoms with E-state index in [4.69, 9.17) is 4.74 Å². The average Bonchev–Trinajstić information content (AvgIpc) is 3.45. The Kier molecular flexibility index (Phi) is 5.99. The summed E-state index contributed by atoms with van der Waals surface area (Å²) in [6.45, 7) is 3.62. The Bertz CT molecular complexity index is 1240. The van der Waals surface area contributed by atoms with E-state index in [9.17, 15) is 9.90 Å². The molecular formula is C24H27N5O3S. The minimum atomic E-state index is -0.0578. The second kappa shape index (κ2) is 9.07. The molecule has 1 amide bonds. The molecule has 1 aliphatic heterocycles. The lowest BCUT2D eigenvalue weighted by molar-refractivity contribution is -0.136. The molecule has 0 unspecified atom stereocenters. The number of ether oxygens (including phenoxy) is 1. The lowest BCUT2D eigenvalue weighted by Gasteiger charge is -2.28. The Labute approximate surface area is 196 Å². The molecule has 2 aliphatic rings. The molecule has 33 heavy (non-hydrogen) atoms. The fraction of sp³-hybridized carbons (Fsp3) is 0.417. The molecule has 2 N–H and O–H groups in total. The molecule has 1 aliphatic carbocycles. The molecule has 3 heterocycles. The Morgan fingerprint density at radius 3 is 3.03 bits per heavy atom. The summed E-state index contributed by atoms with van der Waals surface area (Å²) < 4.78 is 5.62. The number of aliphatic hydroxyl groups excluding tert-OH is 1. The minimum Gasteiger partial charge on any atom is -0.495 e. The van der Waals surface area contributed by atoms with Crippen molar-refractivity contribution in [3.05, 3.63) is 40.0 Å². The summed E-state index contributed by atoms with van der Waals surface area (Å²) in [6.07, 6.45) is 5.76. The van der Waals surface area contributed by atoms with Crippen molar-refractivity contribution in [2.45, 2.75) is 32.7 Å². The standard InChI is InChI=1S/C24H27N5O3S/c1-3-29(6-7-30)24(31)14-4-5-17-20(10-14)33-23-21(17)22(26-13-27-23)28-18-8-15-11-25-12-16(15)9-19(18)32-2/h8-9,11,13-14,30H,3-7,10,12H2,1-2H3,(H,26,27,28)/t14-/m0/s1. The number of carbonyl (C=O) groups is 1. The quantitative estimate of drug-likeness (QED) is 0.555. The highest BCUT2D eigenvalue weighted by Crippen LogP contribution is 2.42. The van der Waals surface area contributed by atoms with Gasteiger partial charge < -0.3 is 20.1 Å². The van der Waals surface area contributed by atoms with Crippen LogP contribution in [0.2, 0.25) is 0 Å². The van der Waals surface area contributed by atoms with Crippen LogP contribution in [-0.4, -0.2) is 58.9 Å². The van der Waals surface area contributed by atoms with E-state index < -0.39 is 0 Å². The number of hydrogen-bond acceptors (Lipinski definition) is 8. The van der Waals surface area contributed by atoms with Gasteiger partial charge >= 0.3 is 0 Å². The Morgan fingerprint density at radius 2 is 2.24 bits per heavy atom. The summed E-state index contributed by atoms with van der Waals surface area (Å²) in [5.41, 5.74) is 4.31. The number of rotatable bonds is 7. The smallest absolute Gasteiger partial charge is 0.226 e. The molecule has 0 saturated heterocycles. The number of amides is 1. The van der Waals surface area contributed by atoms with Crippen LogP contribution in [0.4, 0.5) is 11.5 Å². The number of likely N-dealkylation sites (N-methyl/N-ethyl adjacent to an activating group) is 1. The second-order valence-corrected chi connectivity index (χ2v) is 9.42. The van der Waals surface area contributed by atoms with E-state index in [1.807, 2.05) is 25.3 Å². The predicted molar refractivity (Wildman–Crippen MR) is 130 cm³/mol. The molecule has 1 aromatic carbocycles. The van der Waals surface area contributed by atoms with Crippen LogP contribution in [0.25, 0.3) is 10.2 Å². The number of methoxy groups -OCH3 is 1. The third kappa shape index (κ3) is 3.95. The maximum Gasteiger partial charge on any atom is 0.226 e. The van der Waals surface area contributed by atoms with Crippen molar-refractivity contribution in [3.63, 3.8) is 0 Å². The first kappa shape index (κ1) is 21.8. The highest BCUT2D eigenvalue weighted by atomic mass is 32.1. The number of aryl methyl sites for hydroxylation is 1. The van der Waals surface area contributed by atoms with Gasteiger partial charge in [-0.15, -0.1) is 11.3 Å². The highest BCUT2D eigenvalue weighted by molar-refractivity contribution is 7.19. The summed E-state index contributed by atoms with van der Waals surface area (Å²) in [5, 5.41) is 13.8. The van der Waals surface area contributed by atoms with Crippen LogP contribution >= 0.6 is 11.3 Å². The molecule has 9 heteroatoms. The first-order valence-electron chi connectivity index (χ1n) is 11.3. The number of thiophene rings is 1. The summed E-state index contributed by atoms with van der Waals surface area (Å²) in [5.74, 6) is 1.58. The van der Waals surface area contributed by atoms with E-state index in [1.165, 1.54) is 10.4 Å².